The third-order valence-corrected chi connectivity index (χ3v) is 8.36. The lowest BCUT2D eigenvalue weighted by molar-refractivity contribution is -0.139. The number of unbranched alkanes of at least 4 members (excludes halogenated alkanes) is 10. The van der Waals surface area contributed by atoms with Crippen molar-refractivity contribution in [1.82, 2.24) is 9.80 Å². The quantitative estimate of drug-likeness (QED) is 0.119. The summed E-state index contributed by atoms with van der Waals surface area (Å²) >= 11 is 0. The van der Waals surface area contributed by atoms with E-state index in [0.717, 1.165) is 51.4 Å². The summed E-state index contributed by atoms with van der Waals surface area (Å²) < 4.78 is 86.8. The highest BCUT2D eigenvalue weighted by atomic mass is 19.4. The van der Waals surface area contributed by atoms with Crippen molar-refractivity contribution >= 4 is 34.4 Å². The lowest BCUT2D eigenvalue weighted by Crippen LogP contribution is -2.45. The number of alkyl halides is 6. The van der Waals surface area contributed by atoms with E-state index in [0.29, 0.717) is 34.8 Å². The highest BCUT2D eigenvalue weighted by Crippen LogP contribution is 2.48. The van der Waals surface area contributed by atoms with Gasteiger partial charge in [-0.05, 0) is 25.0 Å². The maximum atomic E-state index is 14.5. The smallest absolute Gasteiger partial charge is 0.274 e. The van der Waals surface area contributed by atoms with Crippen LogP contribution in [0, 0.1) is 0 Å². The van der Waals surface area contributed by atoms with Crippen LogP contribution in [0.1, 0.15) is 143 Å². The fraction of sp³-hybridized carbons (Fsp3) is 0.562. The Bertz CT molecular complexity index is 1350. The summed E-state index contributed by atoms with van der Waals surface area (Å²) in [6.07, 6.45) is -1.58. The molecule has 6 nitrogen and oxygen atoms in total. The van der Waals surface area contributed by atoms with Crippen molar-refractivity contribution < 1.29 is 45.5 Å². The van der Waals surface area contributed by atoms with Crippen LogP contribution in [0.25, 0.3) is 10.8 Å². The third kappa shape index (κ3) is 6.35. The van der Waals surface area contributed by atoms with Gasteiger partial charge in [-0.3, -0.25) is 29.0 Å². The van der Waals surface area contributed by atoms with Gasteiger partial charge < -0.3 is 0 Å². The molecule has 0 atom stereocenters. The van der Waals surface area contributed by atoms with E-state index < -0.39 is 80.1 Å². The van der Waals surface area contributed by atoms with Crippen molar-refractivity contribution in [3.8, 4) is 0 Å². The van der Waals surface area contributed by atoms with Crippen LogP contribution in [0.15, 0.2) is 12.1 Å². The Hall–Kier alpha value is -3.44. The van der Waals surface area contributed by atoms with Gasteiger partial charge >= 0.3 is 12.4 Å². The average molecular weight is 627 g/mol. The van der Waals surface area contributed by atoms with E-state index in [1.165, 1.54) is 0 Å². The summed E-state index contributed by atoms with van der Waals surface area (Å²) in [5.41, 5.74) is -6.66. The Kier molecular flexibility index (Phi) is 10.1. The number of benzene rings is 2. The molecule has 0 N–H and O–H groups in total. The lowest BCUT2D eigenvalue weighted by atomic mass is 9.81. The van der Waals surface area contributed by atoms with E-state index in [9.17, 15) is 45.5 Å². The molecule has 2 heterocycles. The molecule has 12 heteroatoms. The standard InChI is InChI=1S/C32H36F6N2O4/c1-3-5-7-9-11-13-15-39-27(41)19-17-22(32(36,37)38)26-24-20(18-21(31(33,34)35)25(23(19)24)29(39)43)28(42)40(30(26)44)16-14-12-10-8-6-4-2/h17-18H,3-16H2,1-2H3. The number of nitrogens with zero attached hydrogens (tertiary/aromatic N) is 2. The van der Waals surface area contributed by atoms with Crippen LogP contribution < -0.4 is 0 Å². The van der Waals surface area contributed by atoms with Crippen LogP contribution in [0.4, 0.5) is 26.3 Å². The van der Waals surface area contributed by atoms with Crippen LogP contribution in [-0.2, 0) is 12.4 Å². The molecule has 0 radical (unpaired) electrons. The maximum absolute atomic E-state index is 14.5. The minimum absolute atomic E-state index is 0.258. The highest BCUT2D eigenvalue weighted by molar-refractivity contribution is 6.34. The van der Waals surface area contributed by atoms with E-state index in [1.54, 1.807) is 0 Å². The number of amides is 4. The number of hydrogen-bond donors (Lipinski definition) is 0. The molecule has 4 amide bonds. The zero-order chi connectivity index (χ0) is 32.4. The Morgan fingerprint density at radius 1 is 0.500 bits per heavy atom. The molecule has 0 bridgehead atoms. The zero-order valence-electron chi connectivity index (χ0n) is 24.8. The molecule has 0 unspecified atom stereocenters. The first-order chi connectivity index (χ1) is 20.8. The van der Waals surface area contributed by atoms with E-state index >= 15 is 0 Å². The van der Waals surface area contributed by atoms with Gasteiger partial charge in [0.15, 0.2) is 0 Å². The fourth-order valence-electron chi connectivity index (χ4n) is 6.12. The normalized spacial score (nSPS) is 15.3. The molecule has 2 aromatic carbocycles. The van der Waals surface area contributed by atoms with Gasteiger partial charge in [-0.25, -0.2) is 0 Å². The topological polar surface area (TPSA) is 74.8 Å². The molecule has 240 valence electrons. The van der Waals surface area contributed by atoms with Crippen LogP contribution in [0.3, 0.4) is 0 Å². The number of imide groups is 2. The van der Waals surface area contributed by atoms with Crippen molar-refractivity contribution in [2.75, 3.05) is 13.1 Å². The SMILES string of the molecule is CCCCCCCCN1C(=O)c2cc(C(F)(F)F)c3c4c(cc(C(F)(F)F)c(c24)C1=O)C(=O)N(CCCCCCCC)C3=O. The predicted molar refractivity (Wildman–Crippen MR) is 151 cm³/mol. The van der Waals surface area contributed by atoms with Gasteiger partial charge in [0.2, 0.25) is 0 Å². The molecule has 0 saturated carbocycles. The summed E-state index contributed by atoms with van der Waals surface area (Å²) in [6.45, 7) is 3.47. The van der Waals surface area contributed by atoms with E-state index in [2.05, 4.69) is 0 Å². The van der Waals surface area contributed by atoms with Crippen molar-refractivity contribution in [3.63, 3.8) is 0 Å². The largest absolute Gasteiger partial charge is 0.417 e. The summed E-state index contributed by atoms with van der Waals surface area (Å²) in [5.74, 6) is -4.99. The first-order valence-corrected chi connectivity index (χ1v) is 15.3. The fourth-order valence-corrected chi connectivity index (χ4v) is 6.12. The van der Waals surface area contributed by atoms with Crippen molar-refractivity contribution in [1.29, 1.82) is 0 Å². The molecule has 0 fully saturated rings. The number of rotatable bonds is 14. The Labute approximate surface area is 251 Å². The summed E-state index contributed by atoms with van der Waals surface area (Å²) in [6, 6.07) is 0.732. The molecular weight excluding hydrogens is 590 g/mol. The summed E-state index contributed by atoms with van der Waals surface area (Å²) in [4.78, 5) is 55.2. The Morgan fingerprint density at radius 2 is 0.818 bits per heavy atom. The van der Waals surface area contributed by atoms with Gasteiger partial charge in [0.05, 0.1) is 22.3 Å². The minimum atomic E-state index is -5.19. The van der Waals surface area contributed by atoms with E-state index in [1.807, 2.05) is 13.8 Å². The monoisotopic (exact) mass is 626 g/mol. The highest BCUT2D eigenvalue weighted by Gasteiger charge is 2.49. The predicted octanol–water partition coefficient (Wildman–Crippen LogP) is 8.79. The second-order valence-corrected chi connectivity index (χ2v) is 11.5. The number of halogens is 6. The first-order valence-electron chi connectivity index (χ1n) is 15.3. The summed E-state index contributed by atoms with van der Waals surface area (Å²) in [5, 5.41) is -1.46. The molecule has 0 aliphatic carbocycles. The molecule has 0 spiro atoms. The molecule has 0 saturated heterocycles. The Balaban J connectivity index is 1.86. The van der Waals surface area contributed by atoms with Crippen LogP contribution in [-0.4, -0.2) is 46.5 Å². The number of hydrogen-bond acceptors (Lipinski definition) is 4. The molecule has 0 aromatic heterocycles. The van der Waals surface area contributed by atoms with Crippen LogP contribution >= 0.6 is 0 Å². The molecular formula is C32H36F6N2O4. The summed E-state index contributed by atoms with van der Waals surface area (Å²) in [7, 11) is 0. The third-order valence-electron chi connectivity index (χ3n) is 8.36. The first kappa shape index (κ1) is 33.5. The second kappa shape index (κ2) is 13.3. The number of carbonyl (C=O) groups excluding carboxylic acids is 4. The van der Waals surface area contributed by atoms with Gasteiger partial charge in [0.1, 0.15) is 0 Å². The van der Waals surface area contributed by atoms with Gasteiger partial charge in [0.25, 0.3) is 23.6 Å². The van der Waals surface area contributed by atoms with Crippen LogP contribution in [0.2, 0.25) is 0 Å². The van der Waals surface area contributed by atoms with Gasteiger partial charge in [-0.1, -0.05) is 78.1 Å². The molecule has 44 heavy (non-hydrogen) atoms. The van der Waals surface area contributed by atoms with Crippen molar-refractivity contribution in [2.45, 2.75) is 103 Å². The molecule has 4 rings (SSSR count). The second-order valence-electron chi connectivity index (χ2n) is 11.5. The van der Waals surface area contributed by atoms with Crippen LogP contribution in [0.5, 0.6) is 0 Å². The van der Waals surface area contributed by atoms with Gasteiger partial charge in [-0.2, -0.15) is 26.3 Å². The lowest BCUT2D eigenvalue weighted by Gasteiger charge is -2.34. The minimum Gasteiger partial charge on any atom is -0.274 e. The maximum Gasteiger partial charge on any atom is 0.417 e. The zero-order valence-corrected chi connectivity index (χ0v) is 24.8. The molecule has 2 aromatic rings. The average Bonchev–Trinajstić information content (AvgIpc) is 2.95. The number of carbonyl (C=O) groups is 4. The van der Waals surface area contributed by atoms with E-state index in [4.69, 9.17) is 0 Å². The van der Waals surface area contributed by atoms with Crippen molar-refractivity contribution in [3.05, 3.63) is 45.5 Å². The van der Waals surface area contributed by atoms with Gasteiger partial charge in [-0.15, -0.1) is 0 Å². The van der Waals surface area contributed by atoms with Crippen molar-refractivity contribution in [2.24, 2.45) is 0 Å². The molecule has 2 aliphatic heterocycles. The van der Waals surface area contributed by atoms with E-state index in [-0.39, 0.29) is 25.9 Å². The van der Waals surface area contributed by atoms with Gasteiger partial charge in [0, 0.05) is 35.0 Å². The molecule has 2 aliphatic rings. The Morgan fingerprint density at radius 3 is 1.14 bits per heavy atom.